The monoisotopic (exact) mass is 400 g/mol. The van der Waals surface area contributed by atoms with Crippen molar-refractivity contribution in [2.24, 2.45) is 0 Å². The molecule has 0 spiro atoms. The number of anilines is 3. The predicted molar refractivity (Wildman–Crippen MR) is 98.8 cm³/mol. The highest BCUT2D eigenvalue weighted by Gasteiger charge is 2.24. The van der Waals surface area contributed by atoms with Crippen LogP contribution >= 0.6 is 0 Å². The van der Waals surface area contributed by atoms with Crippen molar-refractivity contribution in [3.63, 3.8) is 0 Å². The molecule has 0 saturated carbocycles. The SMILES string of the molecule is O=C(NNc1ncnc(NNc2ccc([N+](=O)[O-])cc2)c1[N+](=O)[O-])c1ccco1. The molecular formula is C15H12N8O6. The molecule has 0 fully saturated rings. The largest absolute Gasteiger partial charge is 0.459 e. The van der Waals surface area contributed by atoms with Gasteiger partial charge in [-0.2, -0.15) is 0 Å². The number of benzene rings is 1. The number of aromatic nitrogens is 2. The summed E-state index contributed by atoms with van der Waals surface area (Å²) in [5.41, 5.74) is 9.47. The maximum absolute atomic E-state index is 11.9. The summed E-state index contributed by atoms with van der Waals surface area (Å²) >= 11 is 0. The summed E-state index contributed by atoms with van der Waals surface area (Å²) in [5.74, 6) is -1.16. The van der Waals surface area contributed by atoms with Gasteiger partial charge in [-0.25, -0.2) is 9.97 Å². The van der Waals surface area contributed by atoms with Gasteiger partial charge in [-0.3, -0.25) is 46.7 Å². The normalized spacial score (nSPS) is 10.1. The summed E-state index contributed by atoms with van der Waals surface area (Å²) in [6, 6.07) is 8.24. The van der Waals surface area contributed by atoms with E-state index in [0.29, 0.717) is 5.69 Å². The molecule has 3 aromatic rings. The zero-order chi connectivity index (χ0) is 20.8. The number of hydrazine groups is 2. The summed E-state index contributed by atoms with van der Waals surface area (Å²) in [7, 11) is 0. The Morgan fingerprint density at radius 3 is 2.21 bits per heavy atom. The van der Waals surface area contributed by atoms with E-state index in [2.05, 4.69) is 31.7 Å². The molecule has 0 radical (unpaired) electrons. The van der Waals surface area contributed by atoms with Crippen LogP contribution in [0.25, 0.3) is 0 Å². The van der Waals surface area contributed by atoms with Crippen molar-refractivity contribution < 1.29 is 19.1 Å². The quantitative estimate of drug-likeness (QED) is 0.320. The topological polar surface area (TPSA) is 190 Å². The molecule has 14 heteroatoms. The van der Waals surface area contributed by atoms with Crippen LogP contribution in [0.15, 0.2) is 53.4 Å². The van der Waals surface area contributed by atoms with Crippen LogP contribution in [0.3, 0.4) is 0 Å². The Morgan fingerprint density at radius 1 is 0.931 bits per heavy atom. The van der Waals surface area contributed by atoms with Crippen LogP contribution < -0.4 is 21.7 Å². The number of nitrogens with zero attached hydrogens (tertiary/aromatic N) is 4. The van der Waals surface area contributed by atoms with E-state index >= 15 is 0 Å². The number of non-ortho nitro benzene ring substituents is 1. The van der Waals surface area contributed by atoms with Crippen LogP contribution in [0.4, 0.5) is 28.7 Å². The first kappa shape index (κ1) is 19.0. The van der Waals surface area contributed by atoms with Gasteiger partial charge in [0.15, 0.2) is 5.76 Å². The molecule has 1 amide bonds. The standard InChI is InChI=1S/C15H12N8O6/c24-15(11-2-1-7-29-11)21-20-14-12(23(27)28)13(16-8-17-14)19-18-9-3-5-10(6-4-9)22(25)26/h1-8,18H,(H,21,24)(H2,16,17,19,20). The van der Waals surface area contributed by atoms with Gasteiger partial charge < -0.3 is 4.42 Å². The van der Waals surface area contributed by atoms with Crippen molar-refractivity contribution in [3.05, 3.63) is 75.0 Å². The van der Waals surface area contributed by atoms with Crippen LogP contribution in [0.2, 0.25) is 0 Å². The lowest BCUT2D eigenvalue weighted by molar-refractivity contribution is -0.384. The number of hydrogen-bond donors (Lipinski definition) is 4. The number of nitrogens with one attached hydrogen (secondary N) is 4. The molecule has 0 aliphatic heterocycles. The number of nitro groups is 2. The highest BCUT2D eigenvalue weighted by atomic mass is 16.6. The molecule has 1 aromatic carbocycles. The number of carbonyl (C=O) groups is 1. The Morgan fingerprint density at radius 2 is 1.62 bits per heavy atom. The van der Waals surface area contributed by atoms with E-state index in [1.807, 2.05) is 0 Å². The molecule has 0 bridgehead atoms. The van der Waals surface area contributed by atoms with Gasteiger partial charge in [-0.15, -0.1) is 0 Å². The van der Waals surface area contributed by atoms with E-state index in [0.717, 1.165) is 6.33 Å². The minimum Gasteiger partial charge on any atom is -0.459 e. The molecule has 0 saturated heterocycles. The molecule has 0 aliphatic carbocycles. The van der Waals surface area contributed by atoms with Crippen molar-refractivity contribution in [2.45, 2.75) is 0 Å². The minimum atomic E-state index is -0.749. The van der Waals surface area contributed by atoms with Crippen molar-refractivity contribution in [3.8, 4) is 0 Å². The number of rotatable bonds is 8. The van der Waals surface area contributed by atoms with Crippen LogP contribution in [0.1, 0.15) is 10.6 Å². The highest BCUT2D eigenvalue weighted by Crippen LogP contribution is 2.28. The van der Waals surface area contributed by atoms with Crippen molar-refractivity contribution >= 4 is 34.6 Å². The number of amides is 1. The number of furan rings is 1. The van der Waals surface area contributed by atoms with Crippen molar-refractivity contribution in [1.29, 1.82) is 0 Å². The Balaban J connectivity index is 1.73. The van der Waals surface area contributed by atoms with Crippen molar-refractivity contribution in [1.82, 2.24) is 15.4 Å². The molecule has 0 unspecified atom stereocenters. The van der Waals surface area contributed by atoms with Gasteiger partial charge >= 0.3 is 11.6 Å². The second kappa shape index (κ2) is 8.30. The van der Waals surface area contributed by atoms with E-state index in [1.54, 1.807) is 0 Å². The fourth-order valence-corrected chi connectivity index (χ4v) is 2.12. The second-order valence-electron chi connectivity index (χ2n) is 5.29. The third-order valence-electron chi connectivity index (χ3n) is 3.45. The predicted octanol–water partition coefficient (Wildman–Crippen LogP) is 2.08. The van der Waals surface area contributed by atoms with Gasteiger partial charge in [0.2, 0.25) is 11.6 Å². The van der Waals surface area contributed by atoms with Crippen LogP contribution in [0, 0.1) is 20.2 Å². The zero-order valence-electron chi connectivity index (χ0n) is 14.4. The molecule has 148 valence electrons. The maximum Gasteiger partial charge on any atom is 0.356 e. The first-order valence-corrected chi connectivity index (χ1v) is 7.81. The summed E-state index contributed by atoms with van der Waals surface area (Å²) in [6.07, 6.45) is 2.34. The average Bonchev–Trinajstić information content (AvgIpc) is 3.25. The molecule has 29 heavy (non-hydrogen) atoms. The number of nitro benzene ring substituents is 1. The van der Waals surface area contributed by atoms with E-state index in [4.69, 9.17) is 4.42 Å². The van der Waals surface area contributed by atoms with E-state index in [1.165, 1.54) is 42.7 Å². The Labute approximate surface area is 161 Å². The van der Waals surface area contributed by atoms with E-state index in [-0.39, 0.29) is 23.1 Å². The smallest absolute Gasteiger partial charge is 0.356 e. The molecule has 4 N–H and O–H groups in total. The molecule has 0 atom stereocenters. The van der Waals surface area contributed by atoms with Gasteiger partial charge in [-0.05, 0) is 24.3 Å². The zero-order valence-corrected chi connectivity index (χ0v) is 14.4. The Bertz CT molecular complexity index is 1040. The lowest BCUT2D eigenvalue weighted by atomic mass is 10.3. The summed E-state index contributed by atoms with van der Waals surface area (Å²) in [4.78, 5) is 40.2. The summed E-state index contributed by atoms with van der Waals surface area (Å²) in [6.45, 7) is 0. The molecule has 2 heterocycles. The van der Waals surface area contributed by atoms with Crippen molar-refractivity contribution in [2.75, 3.05) is 16.3 Å². The van der Waals surface area contributed by atoms with E-state index in [9.17, 15) is 25.0 Å². The van der Waals surface area contributed by atoms with Crippen LogP contribution in [0.5, 0.6) is 0 Å². The minimum absolute atomic E-state index is 0.00704. The fourth-order valence-electron chi connectivity index (χ4n) is 2.12. The molecule has 0 aliphatic rings. The fraction of sp³-hybridized carbons (Fsp3) is 0. The Kier molecular flexibility index (Phi) is 5.44. The van der Waals surface area contributed by atoms with Gasteiger partial charge in [-0.1, -0.05) is 0 Å². The third kappa shape index (κ3) is 4.51. The highest BCUT2D eigenvalue weighted by molar-refractivity contribution is 5.92. The second-order valence-corrected chi connectivity index (χ2v) is 5.29. The molecule has 2 aromatic heterocycles. The number of carbonyl (C=O) groups excluding carboxylic acids is 1. The first-order valence-electron chi connectivity index (χ1n) is 7.81. The Hall–Kier alpha value is -4.75. The third-order valence-corrected chi connectivity index (χ3v) is 3.45. The molecular weight excluding hydrogens is 388 g/mol. The van der Waals surface area contributed by atoms with Gasteiger partial charge in [0, 0.05) is 12.1 Å². The summed E-state index contributed by atoms with van der Waals surface area (Å²) < 4.78 is 4.91. The van der Waals surface area contributed by atoms with E-state index < -0.39 is 21.4 Å². The molecule has 14 nitrogen and oxygen atoms in total. The lowest BCUT2D eigenvalue weighted by Gasteiger charge is -2.11. The molecule has 3 rings (SSSR count). The van der Waals surface area contributed by atoms with Crippen LogP contribution in [-0.2, 0) is 0 Å². The lowest BCUT2D eigenvalue weighted by Crippen LogP contribution is -2.30. The number of hydrogen-bond acceptors (Lipinski definition) is 11. The maximum atomic E-state index is 11.9. The average molecular weight is 400 g/mol. The van der Waals surface area contributed by atoms with Gasteiger partial charge in [0.05, 0.1) is 21.8 Å². The summed E-state index contributed by atoms with van der Waals surface area (Å²) in [5, 5.41) is 22.1. The first-order chi connectivity index (χ1) is 14.0. The van der Waals surface area contributed by atoms with Crippen LogP contribution in [-0.4, -0.2) is 25.7 Å². The van der Waals surface area contributed by atoms with Gasteiger partial charge in [0.1, 0.15) is 6.33 Å². The van der Waals surface area contributed by atoms with Gasteiger partial charge in [0.25, 0.3) is 5.69 Å².